The maximum atomic E-state index is 11.6. The summed E-state index contributed by atoms with van der Waals surface area (Å²) in [6, 6.07) is 6.79. The fourth-order valence-corrected chi connectivity index (χ4v) is 1.98. The van der Waals surface area contributed by atoms with Crippen LogP contribution in [0.4, 0.5) is 5.69 Å². The van der Waals surface area contributed by atoms with E-state index in [2.05, 4.69) is 4.90 Å². The number of nitrogen functional groups attached to an aromatic ring is 1. The van der Waals surface area contributed by atoms with Gasteiger partial charge in [-0.05, 0) is 50.2 Å². The number of hydrogen-bond donors (Lipinski definition) is 1. The lowest BCUT2D eigenvalue weighted by atomic mass is 10.2. The van der Waals surface area contributed by atoms with E-state index in [4.69, 9.17) is 10.5 Å². The number of nitrogens with zero attached hydrogens (tertiary/aromatic N) is 1. The summed E-state index contributed by atoms with van der Waals surface area (Å²) in [5, 5.41) is 0. The minimum atomic E-state index is -0.274. The highest BCUT2D eigenvalue weighted by atomic mass is 16.5. The number of carbonyl (C=O) groups is 1. The summed E-state index contributed by atoms with van der Waals surface area (Å²) < 4.78 is 5.21. The lowest BCUT2D eigenvalue weighted by molar-refractivity contribution is 0.0472. The average Bonchev–Trinajstić information content (AvgIpc) is 2.83. The first-order valence-electron chi connectivity index (χ1n) is 6.01. The Morgan fingerprint density at radius 1 is 1.24 bits per heavy atom. The Labute approximate surface area is 101 Å². The SMILES string of the molecule is Nc1ccc(C(=O)OCCN2CCCC2)cc1. The summed E-state index contributed by atoms with van der Waals surface area (Å²) in [6.45, 7) is 3.54. The normalized spacial score (nSPS) is 16.0. The molecule has 0 unspecified atom stereocenters. The molecule has 1 aliphatic rings. The van der Waals surface area contributed by atoms with Gasteiger partial charge in [0.15, 0.2) is 0 Å². The maximum Gasteiger partial charge on any atom is 0.338 e. The molecule has 1 saturated heterocycles. The minimum absolute atomic E-state index is 0.274. The molecular weight excluding hydrogens is 216 g/mol. The minimum Gasteiger partial charge on any atom is -0.461 e. The van der Waals surface area contributed by atoms with Crippen LogP contribution in [0.2, 0.25) is 0 Å². The van der Waals surface area contributed by atoms with Crippen molar-refractivity contribution in [2.75, 3.05) is 32.0 Å². The predicted molar refractivity (Wildman–Crippen MR) is 66.8 cm³/mol. The van der Waals surface area contributed by atoms with Gasteiger partial charge in [-0.15, -0.1) is 0 Å². The third-order valence-corrected chi connectivity index (χ3v) is 2.99. The number of nitrogens with two attached hydrogens (primary N) is 1. The summed E-state index contributed by atoms with van der Waals surface area (Å²) in [7, 11) is 0. The molecule has 0 spiro atoms. The second-order valence-electron chi connectivity index (χ2n) is 4.31. The molecule has 2 rings (SSSR count). The van der Waals surface area contributed by atoms with Gasteiger partial charge in [-0.1, -0.05) is 0 Å². The molecule has 1 aliphatic heterocycles. The van der Waals surface area contributed by atoms with Gasteiger partial charge in [-0.3, -0.25) is 4.90 Å². The fraction of sp³-hybridized carbons (Fsp3) is 0.462. The standard InChI is InChI=1S/C13H18N2O2/c14-12-5-3-11(4-6-12)13(16)17-10-9-15-7-1-2-8-15/h3-6H,1-2,7-10,14H2. The second kappa shape index (κ2) is 5.68. The van der Waals surface area contributed by atoms with Crippen LogP contribution in [-0.2, 0) is 4.74 Å². The van der Waals surface area contributed by atoms with E-state index in [0.29, 0.717) is 17.9 Å². The van der Waals surface area contributed by atoms with Crippen LogP contribution in [0.5, 0.6) is 0 Å². The monoisotopic (exact) mass is 234 g/mol. The van der Waals surface area contributed by atoms with Crippen LogP contribution in [0.25, 0.3) is 0 Å². The van der Waals surface area contributed by atoms with E-state index < -0.39 is 0 Å². The predicted octanol–water partition coefficient (Wildman–Crippen LogP) is 1.52. The van der Waals surface area contributed by atoms with Crippen LogP contribution < -0.4 is 5.73 Å². The lowest BCUT2D eigenvalue weighted by Gasteiger charge is -2.14. The first-order valence-corrected chi connectivity index (χ1v) is 6.01. The quantitative estimate of drug-likeness (QED) is 0.634. The van der Waals surface area contributed by atoms with E-state index in [9.17, 15) is 4.79 Å². The Hall–Kier alpha value is -1.55. The van der Waals surface area contributed by atoms with Gasteiger partial charge in [-0.25, -0.2) is 4.79 Å². The first-order chi connectivity index (χ1) is 8.25. The molecule has 17 heavy (non-hydrogen) atoms. The van der Waals surface area contributed by atoms with Crippen molar-refractivity contribution in [3.05, 3.63) is 29.8 Å². The third-order valence-electron chi connectivity index (χ3n) is 2.99. The van der Waals surface area contributed by atoms with Crippen molar-refractivity contribution in [3.63, 3.8) is 0 Å². The van der Waals surface area contributed by atoms with E-state index in [1.165, 1.54) is 12.8 Å². The van der Waals surface area contributed by atoms with E-state index in [1.807, 2.05) is 0 Å². The Morgan fingerprint density at radius 3 is 2.53 bits per heavy atom. The summed E-state index contributed by atoms with van der Waals surface area (Å²) in [4.78, 5) is 14.0. The molecule has 0 saturated carbocycles. The average molecular weight is 234 g/mol. The molecule has 0 aromatic heterocycles. The second-order valence-corrected chi connectivity index (χ2v) is 4.31. The highest BCUT2D eigenvalue weighted by Gasteiger charge is 2.12. The molecule has 1 aromatic carbocycles. The number of carbonyl (C=O) groups excluding carboxylic acids is 1. The van der Waals surface area contributed by atoms with Crippen LogP contribution in [0, 0.1) is 0 Å². The van der Waals surface area contributed by atoms with Crippen molar-refractivity contribution in [3.8, 4) is 0 Å². The van der Waals surface area contributed by atoms with E-state index in [-0.39, 0.29) is 5.97 Å². The Morgan fingerprint density at radius 2 is 1.88 bits per heavy atom. The van der Waals surface area contributed by atoms with Crippen molar-refractivity contribution in [1.82, 2.24) is 4.90 Å². The van der Waals surface area contributed by atoms with Crippen molar-refractivity contribution in [2.45, 2.75) is 12.8 Å². The number of ether oxygens (including phenoxy) is 1. The van der Waals surface area contributed by atoms with E-state index >= 15 is 0 Å². The van der Waals surface area contributed by atoms with Gasteiger partial charge in [-0.2, -0.15) is 0 Å². The number of hydrogen-bond acceptors (Lipinski definition) is 4. The summed E-state index contributed by atoms with van der Waals surface area (Å²) >= 11 is 0. The number of anilines is 1. The van der Waals surface area contributed by atoms with Crippen LogP contribution >= 0.6 is 0 Å². The highest BCUT2D eigenvalue weighted by molar-refractivity contribution is 5.89. The molecule has 1 aromatic rings. The lowest BCUT2D eigenvalue weighted by Crippen LogP contribution is -2.25. The van der Waals surface area contributed by atoms with Crippen LogP contribution in [0.15, 0.2) is 24.3 Å². The molecule has 0 atom stereocenters. The number of esters is 1. The zero-order valence-electron chi connectivity index (χ0n) is 9.89. The van der Waals surface area contributed by atoms with E-state index in [0.717, 1.165) is 19.6 Å². The number of likely N-dealkylation sites (tertiary alicyclic amines) is 1. The zero-order chi connectivity index (χ0) is 12.1. The van der Waals surface area contributed by atoms with E-state index in [1.54, 1.807) is 24.3 Å². The molecular formula is C13H18N2O2. The number of benzene rings is 1. The van der Waals surface area contributed by atoms with Gasteiger partial charge in [0.25, 0.3) is 0 Å². The summed E-state index contributed by atoms with van der Waals surface area (Å²) in [5.41, 5.74) is 6.76. The highest BCUT2D eigenvalue weighted by Crippen LogP contribution is 2.08. The smallest absolute Gasteiger partial charge is 0.338 e. The molecule has 0 radical (unpaired) electrons. The molecule has 4 nitrogen and oxygen atoms in total. The Kier molecular flexibility index (Phi) is 3.98. The molecule has 0 aliphatic carbocycles. The Bertz CT molecular complexity index is 370. The van der Waals surface area contributed by atoms with Crippen molar-refractivity contribution >= 4 is 11.7 Å². The molecule has 92 valence electrons. The third kappa shape index (κ3) is 3.46. The summed E-state index contributed by atoms with van der Waals surface area (Å²) in [5.74, 6) is -0.274. The van der Waals surface area contributed by atoms with Crippen LogP contribution in [0.1, 0.15) is 23.2 Å². The molecule has 1 fully saturated rings. The molecule has 1 heterocycles. The topological polar surface area (TPSA) is 55.6 Å². The van der Waals surface area contributed by atoms with Crippen LogP contribution in [-0.4, -0.2) is 37.1 Å². The summed E-state index contributed by atoms with van der Waals surface area (Å²) in [6.07, 6.45) is 2.51. The Balaban J connectivity index is 1.75. The molecule has 2 N–H and O–H groups in total. The zero-order valence-corrected chi connectivity index (χ0v) is 9.89. The first kappa shape index (κ1) is 11.9. The van der Waals surface area contributed by atoms with Gasteiger partial charge >= 0.3 is 5.97 Å². The molecule has 0 amide bonds. The van der Waals surface area contributed by atoms with Crippen molar-refractivity contribution in [2.24, 2.45) is 0 Å². The van der Waals surface area contributed by atoms with Crippen molar-refractivity contribution < 1.29 is 9.53 Å². The van der Waals surface area contributed by atoms with Crippen molar-refractivity contribution in [1.29, 1.82) is 0 Å². The molecule has 0 bridgehead atoms. The van der Waals surface area contributed by atoms with Gasteiger partial charge < -0.3 is 10.5 Å². The molecule has 4 heteroatoms. The largest absolute Gasteiger partial charge is 0.461 e. The van der Waals surface area contributed by atoms with Crippen LogP contribution in [0.3, 0.4) is 0 Å². The van der Waals surface area contributed by atoms with Gasteiger partial charge in [0.1, 0.15) is 6.61 Å². The fourth-order valence-electron chi connectivity index (χ4n) is 1.98. The van der Waals surface area contributed by atoms with Gasteiger partial charge in [0, 0.05) is 12.2 Å². The number of rotatable bonds is 4. The van der Waals surface area contributed by atoms with Gasteiger partial charge in [0.05, 0.1) is 5.56 Å². The van der Waals surface area contributed by atoms with Gasteiger partial charge in [0.2, 0.25) is 0 Å². The maximum absolute atomic E-state index is 11.6.